The van der Waals surface area contributed by atoms with Crippen LogP contribution in [0.1, 0.15) is 80.6 Å². The largest absolute Gasteiger partial charge is 0.508 e. The third-order valence-corrected chi connectivity index (χ3v) is 13.2. The van der Waals surface area contributed by atoms with Gasteiger partial charge in [0.25, 0.3) is 11.8 Å². The first-order chi connectivity index (χ1) is 37.7. The molecule has 7 atom stereocenters. The smallest absolute Gasteiger partial charge is 0.327 e. The van der Waals surface area contributed by atoms with Gasteiger partial charge in [-0.3, -0.25) is 48.2 Å². The number of phenolic OH excluding ortho intramolecular Hbond substituents is 1. The minimum atomic E-state index is -1.66. The Hall–Kier alpha value is -8.67. The molecule has 1 saturated heterocycles. The number of nitrogens with two attached hydrogens (primary N) is 2. The highest BCUT2D eigenvalue weighted by Crippen LogP contribution is 2.25. The summed E-state index contributed by atoms with van der Waals surface area (Å²) in [7, 11) is 1.56. The molecule has 1 fully saturated rings. The summed E-state index contributed by atoms with van der Waals surface area (Å²) in [6.45, 7) is 6.73. The molecule has 1 aliphatic rings. The van der Waals surface area contributed by atoms with E-state index in [1.165, 1.54) is 41.7 Å². The fourth-order valence-corrected chi connectivity index (χ4v) is 9.06. The number of aromatic amines is 1. The second kappa shape index (κ2) is 29.7. The molecule has 1 aromatic heterocycles. The lowest BCUT2D eigenvalue weighted by atomic mass is 9.98. The van der Waals surface area contributed by atoms with E-state index in [9.17, 15) is 53.4 Å². The number of carboxylic acids is 1. The van der Waals surface area contributed by atoms with Crippen LogP contribution in [0.3, 0.4) is 0 Å². The first-order valence-corrected chi connectivity index (χ1v) is 26.1. The van der Waals surface area contributed by atoms with Crippen molar-refractivity contribution in [2.24, 2.45) is 28.3 Å². The van der Waals surface area contributed by atoms with Crippen molar-refractivity contribution < 1.29 is 53.4 Å². The van der Waals surface area contributed by atoms with Crippen LogP contribution >= 0.6 is 0 Å². The Labute approximate surface area is 458 Å². The van der Waals surface area contributed by atoms with Crippen molar-refractivity contribution in [1.29, 1.82) is 0 Å². The van der Waals surface area contributed by atoms with Crippen molar-refractivity contribution in [2.45, 2.75) is 115 Å². The summed E-state index contributed by atoms with van der Waals surface area (Å²) in [4.78, 5) is 140. The SMILES string of the molecule is CNCC(=O)N[C@@H](CCCN=C(N)N)C(=O)N[C@H](C(=O)N[C@@H](Cc1ccc(O)cc1)C(=O)N[C@H](C(=O)N[C@@H](Cc1cnc[nH]1)C(=O)N1CCC[C@H]1C(=O)N(C(=O)c1ccccc1)[C@@H](Cc1ccccc1)C(=O)O)C(C)C)C(C)C. The van der Waals surface area contributed by atoms with E-state index in [0.29, 0.717) is 34.6 Å². The summed E-state index contributed by atoms with van der Waals surface area (Å²) < 4.78 is 0. The van der Waals surface area contributed by atoms with Gasteiger partial charge in [0, 0.05) is 49.8 Å². The van der Waals surface area contributed by atoms with Gasteiger partial charge in [0.15, 0.2) is 5.96 Å². The molecule has 1 aliphatic heterocycles. The fraction of sp³-hybridized carbons (Fsp3) is 0.436. The number of aliphatic imine (C=N–C) groups is 1. The van der Waals surface area contributed by atoms with Crippen molar-refractivity contribution in [3.05, 3.63) is 120 Å². The number of imidazole rings is 1. The van der Waals surface area contributed by atoms with E-state index in [1.807, 2.05) is 0 Å². The normalized spacial score (nSPS) is 15.3. The molecule has 0 aliphatic carbocycles. The van der Waals surface area contributed by atoms with Crippen molar-refractivity contribution in [3.63, 3.8) is 0 Å². The topological polar surface area (TPSA) is 366 Å². The Morgan fingerprint density at radius 3 is 1.87 bits per heavy atom. The first kappa shape index (κ1) is 61.2. The number of imide groups is 1. The number of carbonyl (C=O) groups is 9. The second-order valence-electron chi connectivity index (χ2n) is 19.9. The third-order valence-electron chi connectivity index (χ3n) is 13.2. The minimum absolute atomic E-state index is 0.0141. The zero-order chi connectivity index (χ0) is 57.8. The van der Waals surface area contributed by atoms with Crippen LogP contribution in [0.25, 0.3) is 0 Å². The number of carboxylic acid groups (broad SMARTS) is 1. The van der Waals surface area contributed by atoms with Gasteiger partial charge in [-0.15, -0.1) is 0 Å². The highest BCUT2D eigenvalue weighted by Gasteiger charge is 2.45. The van der Waals surface area contributed by atoms with E-state index in [2.05, 4.69) is 46.9 Å². The minimum Gasteiger partial charge on any atom is -0.508 e. The average molecular weight is 1090 g/mol. The Bertz CT molecular complexity index is 2740. The number of amides is 8. The van der Waals surface area contributed by atoms with Gasteiger partial charge in [0.1, 0.15) is 48.0 Å². The quantitative estimate of drug-likeness (QED) is 0.0157. The molecule has 424 valence electrons. The van der Waals surface area contributed by atoms with Crippen LogP contribution in [0.2, 0.25) is 0 Å². The van der Waals surface area contributed by atoms with E-state index < -0.39 is 107 Å². The number of benzene rings is 3. The lowest BCUT2D eigenvalue weighted by Gasteiger charge is -2.34. The predicted molar refractivity (Wildman–Crippen MR) is 291 cm³/mol. The van der Waals surface area contributed by atoms with E-state index in [1.54, 1.807) is 95.4 Å². The number of nitrogens with one attached hydrogen (secondary N) is 7. The Kier molecular flexibility index (Phi) is 23.0. The summed E-state index contributed by atoms with van der Waals surface area (Å²) in [5.74, 6) is -8.94. The maximum absolute atomic E-state index is 14.9. The van der Waals surface area contributed by atoms with Crippen LogP contribution in [0.5, 0.6) is 5.75 Å². The lowest BCUT2D eigenvalue weighted by Crippen LogP contribution is -2.62. The number of nitrogens with zero attached hydrogens (tertiary/aromatic N) is 4. The van der Waals surface area contributed by atoms with Gasteiger partial charge in [0.05, 0.1) is 12.9 Å². The number of hydrogen-bond donors (Lipinski definition) is 11. The van der Waals surface area contributed by atoms with Crippen LogP contribution in [-0.4, -0.2) is 158 Å². The maximum atomic E-state index is 14.9. The second-order valence-corrected chi connectivity index (χ2v) is 19.9. The first-order valence-electron chi connectivity index (χ1n) is 26.1. The number of phenols is 1. The lowest BCUT2D eigenvalue weighted by molar-refractivity contribution is -0.151. The maximum Gasteiger partial charge on any atom is 0.327 e. The number of aromatic hydroxyl groups is 1. The summed E-state index contributed by atoms with van der Waals surface area (Å²) in [6, 6.07) is 12.7. The summed E-state index contributed by atoms with van der Waals surface area (Å²) >= 11 is 0. The zero-order valence-electron chi connectivity index (χ0n) is 45.0. The van der Waals surface area contributed by atoms with E-state index in [4.69, 9.17) is 11.5 Å². The molecule has 24 nitrogen and oxygen atoms in total. The average Bonchev–Trinajstić information content (AvgIpc) is 4.28. The molecule has 0 radical (unpaired) electrons. The summed E-state index contributed by atoms with van der Waals surface area (Å²) in [6.07, 6.45) is 3.05. The van der Waals surface area contributed by atoms with Crippen molar-refractivity contribution in [3.8, 4) is 5.75 Å². The van der Waals surface area contributed by atoms with E-state index in [-0.39, 0.29) is 69.0 Å². The van der Waals surface area contributed by atoms with Gasteiger partial charge in [-0.05, 0) is 80.0 Å². The van der Waals surface area contributed by atoms with Gasteiger partial charge in [0.2, 0.25) is 35.4 Å². The van der Waals surface area contributed by atoms with Gasteiger partial charge < -0.3 is 63.5 Å². The van der Waals surface area contributed by atoms with Gasteiger partial charge in [-0.25, -0.2) is 9.78 Å². The Morgan fingerprint density at radius 2 is 1.32 bits per heavy atom. The zero-order valence-corrected chi connectivity index (χ0v) is 45.0. The molecule has 24 heteroatoms. The third kappa shape index (κ3) is 17.9. The number of hydrogen-bond acceptors (Lipinski definition) is 13. The molecule has 13 N–H and O–H groups in total. The molecule has 0 spiro atoms. The molecule has 2 heterocycles. The Balaban J connectivity index is 1.41. The highest BCUT2D eigenvalue weighted by molar-refractivity contribution is 6.09. The van der Waals surface area contributed by atoms with Gasteiger partial charge in [-0.1, -0.05) is 88.4 Å². The molecule has 0 unspecified atom stereocenters. The number of likely N-dealkylation sites (tertiary alicyclic amines) is 1. The summed E-state index contributed by atoms with van der Waals surface area (Å²) in [5, 5.41) is 37.0. The number of likely N-dealkylation sites (N-methyl/N-ethyl adjacent to an activating group) is 1. The molecular formula is C55H73N13O11. The number of H-pyrrole nitrogens is 1. The number of aromatic nitrogens is 2. The number of carbonyl (C=O) groups excluding carboxylic acids is 8. The Morgan fingerprint density at radius 1 is 0.734 bits per heavy atom. The van der Waals surface area contributed by atoms with E-state index >= 15 is 0 Å². The van der Waals surface area contributed by atoms with Crippen LogP contribution in [-0.2, 0) is 57.6 Å². The summed E-state index contributed by atoms with van der Waals surface area (Å²) in [5.41, 5.74) is 12.4. The van der Waals surface area contributed by atoms with Crippen LogP contribution in [0.4, 0.5) is 0 Å². The van der Waals surface area contributed by atoms with E-state index in [0.717, 1.165) is 0 Å². The van der Waals surface area contributed by atoms with Crippen LogP contribution < -0.4 is 43.4 Å². The molecule has 79 heavy (non-hydrogen) atoms. The highest BCUT2D eigenvalue weighted by atomic mass is 16.4. The molecule has 0 bridgehead atoms. The standard InChI is InChI=1S/C55H73N13O11/c1-32(2)45(65-47(71)39(62-44(70)30-58-5)18-12-24-60-55(56)57)49(73)63-40(26-35-20-22-38(69)23-21-35)48(72)66-46(33(3)4)50(74)64-41(28-37-29-59-31-61-37)52(76)67-25-13-19-42(67)53(77)68(51(75)36-16-10-7-11-17-36)43(54(78)79)27-34-14-8-6-9-15-34/h6-11,14-17,20-23,29,31-33,39-43,45-46,58,69H,12-13,18-19,24-28,30H2,1-5H3,(H,59,61)(H,62,70)(H,63,73)(H,64,74)(H,65,71)(H,66,72)(H,78,79)(H4,56,57,60)/t39-,40-,41-,42-,43-,45-,46-/m0/s1. The molecule has 5 rings (SSSR count). The van der Waals surface area contributed by atoms with Gasteiger partial charge in [-0.2, -0.15) is 0 Å². The number of guanidine groups is 1. The van der Waals surface area contributed by atoms with Gasteiger partial charge >= 0.3 is 5.97 Å². The van der Waals surface area contributed by atoms with Crippen molar-refractivity contribution in [1.82, 2.24) is 51.7 Å². The molecule has 0 saturated carbocycles. The van der Waals surface area contributed by atoms with Crippen LogP contribution in [0.15, 0.2) is 102 Å². The number of aliphatic carboxylic acids is 1. The fourth-order valence-electron chi connectivity index (χ4n) is 9.06. The monoisotopic (exact) mass is 1090 g/mol. The van der Waals surface area contributed by atoms with Crippen LogP contribution in [0, 0.1) is 11.8 Å². The molecule has 8 amide bonds. The molecular weight excluding hydrogens is 1020 g/mol. The molecule has 4 aromatic rings. The molecule has 3 aromatic carbocycles. The van der Waals surface area contributed by atoms with Crippen molar-refractivity contribution in [2.75, 3.05) is 26.7 Å². The number of rotatable bonds is 28. The van der Waals surface area contributed by atoms with Crippen molar-refractivity contribution >= 4 is 59.2 Å². The predicted octanol–water partition coefficient (Wildman–Crippen LogP) is 0.265.